The number of hydroxylamine groups is 2. The first-order chi connectivity index (χ1) is 6.38. The minimum Gasteiger partial charge on any atom is -0.316 e. The molecular weight excluding hydrogens is 168 g/mol. The molecule has 1 N–H and O–H groups in total. The van der Waals surface area contributed by atoms with E-state index in [-0.39, 0.29) is 11.8 Å². The first kappa shape index (κ1) is 8.97. The van der Waals surface area contributed by atoms with Gasteiger partial charge in [0, 0.05) is 6.54 Å². The van der Waals surface area contributed by atoms with E-state index in [9.17, 15) is 4.79 Å². The Hall–Kier alpha value is -0.610. The molecule has 0 saturated carbocycles. The molecule has 2 rings (SSSR count). The van der Waals surface area contributed by atoms with Gasteiger partial charge in [-0.3, -0.25) is 9.63 Å². The fraction of sp³-hybridized carbons (Fsp3) is 0.889. The van der Waals surface area contributed by atoms with E-state index in [1.54, 1.807) is 0 Å². The topological polar surface area (TPSA) is 41.6 Å². The van der Waals surface area contributed by atoms with Gasteiger partial charge in [0.25, 0.3) is 5.91 Å². The van der Waals surface area contributed by atoms with Crippen molar-refractivity contribution in [2.45, 2.75) is 19.3 Å². The van der Waals surface area contributed by atoms with E-state index in [2.05, 4.69) is 5.32 Å². The van der Waals surface area contributed by atoms with E-state index in [1.165, 1.54) is 5.06 Å². The summed E-state index contributed by atoms with van der Waals surface area (Å²) in [6.07, 6.45) is 3.09. The standard InChI is InChI=1S/C9H16N2O2/c12-9(11-5-2-6-13-11)8-3-1-4-10-7-8/h8,10H,1-7H2/t8-/m0/s1. The molecule has 1 atom stereocenters. The molecule has 1 amide bonds. The summed E-state index contributed by atoms with van der Waals surface area (Å²) in [7, 11) is 0. The predicted octanol–water partition coefficient (Wildman–Crippen LogP) is 0.150. The van der Waals surface area contributed by atoms with E-state index < -0.39 is 0 Å². The molecule has 0 unspecified atom stereocenters. The maximum Gasteiger partial charge on any atom is 0.250 e. The molecule has 0 aliphatic carbocycles. The number of piperidine rings is 1. The SMILES string of the molecule is O=C([C@H]1CCCNC1)N1CCCO1. The first-order valence-electron chi connectivity index (χ1n) is 5.03. The van der Waals surface area contributed by atoms with Gasteiger partial charge in [-0.2, -0.15) is 0 Å². The first-order valence-corrected chi connectivity index (χ1v) is 5.03. The third kappa shape index (κ3) is 2.00. The minimum absolute atomic E-state index is 0.145. The van der Waals surface area contributed by atoms with E-state index >= 15 is 0 Å². The summed E-state index contributed by atoms with van der Waals surface area (Å²) in [6, 6.07) is 0. The van der Waals surface area contributed by atoms with Crippen LogP contribution in [0.25, 0.3) is 0 Å². The molecule has 0 radical (unpaired) electrons. The Labute approximate surface area is 78.2 Å². The van der Waals surface area contributed by atoms with Crippen LogP contribution < -0.4 is 5.32 Å². The highest BCUT2D eigenvalue weighted by atomic mass is 16.7. The van der Waals surface area contributed by atoms with E-state index in [4.69, 9.17) is 4.84 Å². The van der Waals surface area contributed by atoms with Crippen LogP contribution in [0.5, 0.6) is 0 Å². The van der Waals surface area contributed by atoms with Crippen molar-refractivity contribution in [3.05, 3.63) is 0 Å². The van der Waals surface area contributed by atoms with E-state index in [0.717, 1.165) is 38.9 Å². The van der Waals surface area contributed by atoms with Crippen LogP contribution in [0.2, 0.25) is 0 Å². The summed E-state index contributed by atoms with van der Waals surface area (Å²) < 4.78 is 0. The second-order valence-electron chi connectivity index (χ2n) is 3.67. The largest absolute Gasteiger partial charge is 0.316 e. The van der Waals surface area contributed by atoms with Crippen LogP contribution in [0.4, 0.5) is 0 Å². The zero-order valence-electron chi connectivity index (χ0n) is 7.79. The number of rotatable bonds is 1. The average Bonchev–Trinajstić information content (AvgIpc) is 2.71. The smallest absolute Gasteiger partial charge is 0.250 e. The van der Waals surface area contributed by atoms with E-state index in [0.29, 0.717) is 6.61 Å². The monoisotopic (exact) mass is 184 g/mol. The molecule has 0 spiro atoms. The van der Waals surface area contributed by atoms with Gasteiger partial charge >= 0.3 is 0 Å². The fourth-order valence-electron chi connectivity index (χ4n) is 1.89. The van der Waals surface area contributed by atoms with Crippen molar-refractivity contribution < 1.29 is 9.63 Å². The van der Waals surface area contributed by atoms with Gasteiger partial charge in [0.1, 0.15) is 0 Å². The molecule has 2 aliphatic heterocycles. The van der Waals surface area contributed by atoms with Crippen LogP contribution in [0, 0.1) is 5.92 Å². The Kier molecular flexibility index (Phi) is 2.80. The van der Waals surface area contributed by atoms with Crippen LogP contribution in [0.3, 0.4) is 0 Å². The van der Waals surface area contributed by atoms with Gasteiger partial charge in [-0.15, -0.1) is 0 Å². The number of amides is 1. The summed E-state index contributed by atoms with van der Waals surface area (Å²) in [4.78, 5) is 17.0. The molecule has 0 aromatic carbocycles. The number of nitrogens with zero attached hydrogens (tertiary/aromatic N) is 1. The lowest BCUT2D eigenvalue weighted by atomic mass is 9.99. The second kappa shape index (κ2) is 4.07. The van der Waals surface area contributed by atoms with Crippen molar-refractivity contribution in [3.8, 4) is 0 Å². The van der Waals surface area contributed by atoms with Crippen molar-refractivity contribution in [3.63, 3.8) is 0 Å². The maximum absolute atomic E-state index is 11.8. The van der Waals surface area contributed by atoms with Gasteiger partial charge in [0.05, 0.1) is 19.1 Å². The van der Waals surface area contributed by atoms with Crippen LogP contribution in [-0.2, 0) is 9.63 Å². The highest BCUT2D eigenvalue weighted by molar-refractivity contribution is 5.78. The highest BCUT2D eigenvalue weighted by Gasteiger charge is 2.28. The lowest BCUT2D eigenvalue weighted by Crippen LogP contribution is -2.41. The third-order valence-corrected chi connectivity index (χ3v) is 2.64. The lowest BCUT2D eigenvalue weighted by Gasteiger charge is -2.25. The van der Waals surface area contributed by atoms with E-state index in [1.807, 2.05) is 0 Å². The van der Waals surface area contributed by atoms with Gasteiger partial charge in [-0.05, 0) is 25.8 Å². The molecule has 0 aromatic rings. The molecular formula is C9H16N2O2. The highest BCUT2D eigenvalue weighted by Crippen LogP contribution is 2.16. The van der Waals surface area contributed by atoms with Gasteiger partial charge in [0.2, 0.25) is 0 Å². The van der Waals surface area contributed by atoms with Gasteiger partial charge in [0.15, 0.2) is 0 Å². The Morgan fingerprint density at radius 3 is 3.00 bits per heavy atom. The Balaban J connectivity index is 1.87. The fourth-order valence-corrected chi connectivity index (χ4v) is 1.89. The second-order valence-corrected chi connectivity index (χ2v) is 3.67. The zero-order valence-corrected chi connectivity index (χ0v) is 7.79. The van der Waals surface area contributed by atoms with Crippen molar-refractivity contribution in [1.82, 2.24) is 10.4 Å². The number of hydrogen-bond acceptors (Lipinski definition) is 3. The summed E-state index contributed by atoms with van der Waals surface area (Å²) >= 11 is 0. The van der Waals surface area contributed by atoms with Crippen LogP contribution in [0.1, 0.15) is 19.3 Å². The summed E-state index contributed by atoms with van der Waals surface area (Å²) in [6.45, 7) is 3.34. The number of nitrogens with one attached hydrogen (secondary N) is 1. The van der Waals surface area contributed by atoms with Gasteiger partial charge < -0.3 is 5.32 Å². The van der Waals surface area contributed by atoms with Crippen molar-refractivity contribution in [1.29, 1.82) is 0 Å². The Morgan fingerprint density at radius 1 is 1.46 bits per heavy atom. The van der Waals surface area contributed by atoms with Crippen LogP contribution in [0.15, 0.2) is 0 Å². The van der Waals surface area contributed by atoms with Crippen molar-refractivity contribution >= 4 is 5.91 Å². The number of hydrogen-bond donors (Lipinski definition) is 1. The molecule has 2 saturated heterocycles. The molecule has 4 heteroatoms. The molecule has 2 aliphatic rings. The molecule has 0 bridgehead atoms. The normalized spacial score (nSPS) is 29.2. The third-order valence-electron chi connectivity index (χ3n) is 2.64. The summed E-state index contributed by atoms with van der Waals surface area (Å²) in [5.74, 6) is 0.316. The van der Waals surface area contributed by atoms with Crippen molar-refractivity contribution in [2.24, 2.45) is 5.92 Å². The maximum atomic E-state index is 11.8. The Bertz CT molecular complexity index is 184. The predicted molar refractivity (Wildman–Crippen MR) is 47.9 cm³/mol. The quantitative estimate of drug-likeness (QED) is 0.630. The molecule has 2 fully saturated rings. The summed E-state index contributed by atoms with van der Waals surface area (Å²) in [5, 5.41) is 4.78. The molecule has 74 valence electrons. The van der Waals surface area contributed by atoms with Gasteiger partial charge in [-0.25, -0.2) is 5.06 Å². The zero-order chi connectivity index (χ0) is 9.10. The van der Waals surface area contributed by atoms with Crippen molar-refractivity contribution in [2.75, 3.05) is 26.2 Å². The molecule has 0 aromatic heterocycles. The Morgan fingerprint density at radius 2 is 2.38 bits per heavy atom. The summed E-state index contributed by atoms with van der Waals surface area (Å²) in [5.41, 5.74) is 0. The number of carbonyl (C=O) groups is 1. The minimum atomic E-state index is 0.145. The molecule has 4 nitrogen and oxygen atoms in total. The average molecular weight is 184 g/mol. The lowest BCUT2D eigenvalue weighted by molar-refractivity contribution is -0.173. The van der Waals surface area contributed by atoms with Crippen LogP contribution in [-0.4, -0.2) is 37.2 Å². The molecule has 2 heterocycles. The van der Waals surface area contributed by atoms with Gasteiger partial charge in [-0.1, -0.05) is 0 Å². The molecule has 13 heavy (non-hydrogen) atoms. The number of carbonyl (C=O) groups excluding carboxylic acids is 1. The van der Waals surface area contributed by atoms with Crippen LogP contribution >= 0.6 is 0 Å².